The highest BCUT2D eigenvalue weighted by Crippen LogP contribution is 2.18. The van der Waals surface area contributed by atoms with Gasteiger partial charge in [0.15, 0.2) is 11.5 Å². The second kappa shape index (κ2) is 7.60. The molecule has 0 bridgehead atoms. The summed E-state index contributed by atoms with van der Waals surface area (Å²) in [4.78, 5) is 25.1. The first-order valence-corrected chi connectivity index (χ1v) is 9.81. The lowest BCUT2D eigenvalue weighted by atomic mass is 9.97. The molecule has 0 saturated carbocycles. The molecule has 23 heavy (non-hydrogen) atoms. The van der Waals surface area contributed by atoms with Crippen LogP contribution in [-0.4, -0.2) is 28.8 Å². The lowest BCUT2D eigenvalue weighted by Gasteiger charge is -2.08. The maximum absolute atomic E-state index is 12.6. The Labute approximate surface area is 140 Å². The number of Topliss-reactive ketones (excluding diaryl/α,β-unsaturated/α-hetero) is 2. The minimum absolute atomic E-state index is 0.0640. The maximum atomic E-state index is 12.6. The fourth-order valence-corrected chi connectivity index (χ4v) is 5.21. The Kier molecular flexibility index (Phi) is 5.29. The molecule has 0 radical (unpaired) electrons. The molecule has 0 aromatic heterocycles. The molecule has 0 spiro atoms. The molecule has 1 fully saturated rings. The highest BCUT2D eigenvalue weighted by molar-refractivity contribution is 7.97. The van der Waals surface area contributed by atoms with Gasteiger partial charge in [0.1, 0.15) is 11.5 Å². The van der Waals surface area contributed by atoms with Gasteiger partial charge in [-0.1, -0.05) is 54.6 Å². The van der Waals surface area contributed by atoms with E-state index in [0.717, 1.165) is 11.1 Å². The molecule has 0 unspecified atom stereocenters. The molecule has 118 valence electrons. The summed E-state index contributed by atoms with van der Waals surface area (Å²) in [6.45, 7) is 0. The molecule has 0 atom stereocenters. The summed E-state index contributed by atoms with van der Waals surface area (Å²) in [6.07, 6.45) is 2.80. The summed E-state index contributed by atoms with van der Waals surface area (Å²) < 4.78 is 0. The third-order valence-corrected chi connectivity index (χ3v) is 6.62. The zero-order chi connectivity index (χ0) is 16.1. The summed E-state index contributed by atoms with van der Waals surface area (Å²) in [7, 11) is 0.251. The molecule has 1 aliphatic heterocycles. The van der Waals surface area contributed by atoms with Crippen molar-refractivity contribution >= 4 is 22.5 Å². The number of carbonyl (C=O) groups is 2. The topological polar surface area (TPSA) is 34.1 Å². The van der Waals surface area contributed by atoms with Crippen LogP contribution in [0.5, 0.6) is 0 Å². The van der Waals surface area contributed by atoms with Crippen molar-refractivity contribution in [1.29, 1.82) is 0 Å². The van der Waals surface area contributed by atoms with Crippen molar-refractivity contribution in [3.63, 3.8) is 0 Å². The van der Waals surface area contributed by atoms with E-state index in [4.69, 9.17) is 0 Å². The molecule has 2 aromatic rings. The summed E-state index contributed by atoms with van der Waals surface area (Å²) in [6, 6.07) is 16.9. The van der Waals surface area contributed by atoms with Crippen molar-refractivity contribution in [3.8, 4) is 0 Å². The minimum Gasteiger partial charge on any atom is -0.294 e. The molecular formula is C20H21O2S+. The Hall–Kier alpha value is -1.87. The number of hydrogen-bond donors (Lipinski definition) is 0. The van der Waals surface area contributed by atoms with Gasteiger partial charge in [0.2, 0.25) is 5.78 Å². The van der Waals surface area contributed by atoms with Crippen LogP contribution in [0.1, 0.15) is 39.1 Å². The summed E-state index contributed by atoms with van der Waals surface area (Å²) in [5, 5.41) is 0. The monoisotopic (exact) mass is 325 g/mol. The second-order valence-electron chi connectivity index (χ2n) is 5.92. The normalized spacial score (nSPS) is 14.8. The summed E-state index contributed by atoms with van der Waals surface area (Å²) in [5.41, 5.74) is 2.29. The van der Waals surface area contributed by atoms with Crippen molar-refractivity contribution < 1.29 is 9.59 Å². The molecule has 0 aliphatic carbocycles. The number of benzene rings is 2. The Morgan fingerprint density at radius 2 is 1.48 bits per heavy atom. The fourth-order valence-electron chi connectivity index (χ4n) is 2.97. The van der Waals surface area contributed by atoms with Crippen LogP contribution < -0.4 is 0 Å². The van der Waals surface area contributed by atoms with E-state index in [1.165, 1.54) is 24.3 Å². The van der Waals surface area contributed by atoms with Crippen LogP contribution in [0.4, 0.5) is 0 Å². The van der Waals surface area contributed by atoms with Crippen LogP contribution in [0, 0.1) is 0 Å². The van der Waals surface area contributed by atoms with Crippen LogP contribution in [0.2, 0.25) is 0 Å². The van der Waals surface area contributed by atoms with Crippen molar-refractivity contribution in [2.75, 3.05) is 17.3 Å². The highest BCUT2D eigenvalue weighted by atomic mass is 32.2. The molecule has 2 nitrogen and oxygen atoms in total. The molecule has 2 aromatic carbocycles. The van der Waals surface area contributed by atoms with Gasteiger partial charge in [0, 0.05) is 17.5 Å². The zero-order valence-electron chi connectivity index (χ0n) is 13.2. The van der Waals surface area contributed by atoms with Crippen LogP contribution in [-0.2, 0) is 17.3 Å². The van der Waals surface area contributed by atoms with Gasteiger partial charge >= 0.3 is 0 Å². The Morgan fingerprint density at radius 3 is 2.22 bits per heavy atom. The van der Waals surface area contributed by atoms with Crippen molar-refractivity contribution in [3.05, 3.63) is 71.3 Å². The number of ketones is 2. The minimum atomic E-state index is 0.0640. The van der Waals surface area contributed by atoms with Gasteiger partial charge in [-0.15, -0.1) is 0 Å². The van der Waals surface area contributed by atoms with Crippen molar-refractivity contribution in [2.24, 2.45) is 0 Å². The van der Waals surface area contributed by atoms with Crippen LogP contribution in [0.25, 0.3) is 0 Å². The quantitative estimate of drug-likeness (QED) is 0.599. The standard InChI is InChI=1S/C20H21O2S/c21-19(16-8-2-1-3-9-16)14-17-10-4-5-11-18(17)20(22)15-23-12-6-7-13-23/h1-5,8-11H,6-7,12-15H2/q+1. The molecule has 0 N–H and O–H groups in total. The van der Waals surface area contributed by atoms with Crippen molar-refractivity contribution in [2.45, 2.75) is 19.3 Å². The second-order valence-corrected chi connectivity index (χ2v) is 8.25. The average molecular weight is 325 g/mol. The largest absolute Gasteiger partial charge is 0.294 e. The Balaban J connectivity index is 1.75. The highest BCUT2D eigenvalue weighted by Gasteiger charge is 2.28. The first-order chi connectivity index (χ1) is 11.2. The van der Waals surface area contributed by atoms with E-state index in [1.807, 2.05) is 54.6 Å². The smallest absolute Gasteiger partial charge is 0.212 e. The summed E-state index contributed by atoms with van der Waals surface area (Å²) in [5.74, 6) is 3.30. The molecule has 1 saturated heterocycles. The van der Waals surface area contributed by atoms with Gasteiger partial charge in [-0.2, -0.15) is 0 Å². The number of rotatable bonds is 6. The van der Waals surface area contributed by atoms with E-state index in [1.54, 1.807) is 0 Å². The first-order valence-electron chi connectivity index (χ1n) is 8.07. The predicted octanol–water partition coefficient (Wildman–Crippen LogP) is 3.71. The van der Waals surface area contributed by atoms with E-state index in [2.05, 4.69) is 0 Å². The molecule has 3 rings (SSSR count). The Morgan fingerprint density at radius 1 is 0.826 bits per heavy atom. The molecule has 0 amide bonds. The van der Waals surface area contributed by atoms with E-state index in [-0.39, 0.29) is 22.5 Å². The fraction of sp³-hybridized carbons (Fsp3) is 0.300. The SMILES string of the molecule is O=C(Cc1ccccc1C(=O)C[S+]1CCCC1)c1ccccc1. The van der Waals surface area contributed by atoms with Crippen LogP contribution in [0.15, 0.2) is 54.6 Å². The van der Waals surface area contributed by atoms with Gasteiger partial charge in [-0.25, -0.2) is 0 Å². The van der Waals surface area contributed by atoms with Gasteiger partial charge < -0.3 is 0 Å². The van der Waals surface area contributed by atoms with Crippen molar-refractivity contribution in [1.82, 2.24) is 0 Å². The molecule has 3 heteroatoms. The molecular weight excluding hydrogens is 304 g/mol. The zero-order valence-corrected chi connectivity index (χ0v) is 14.0. The third kappa shape index (κ3) is 4.11. The van der Waals surface area contributed by atoms with Gasteiger partial charge in [-0.05, 0) is 29.3 Å². The van der Waals surface area contributed by atoms with Crippen LogP contribution in [0.3, 0.4) is 0 Å². The maximum Gasteiger partial charge on any atom is 0.212 e. The molecule has 1 aliphatic rings. The number of hydrogen-bond acceptors (Lipinski definition) is 2. The lowest BCUT2D eigenvalue weighted by molar-refractivity contribution is 0.0992. The van der Waals surface area contributed by atoms with E-state index >= 15 is 0 Å². The predicted molar refractivity (Wildman–Crippen MR) is 96.4 cm³/mol. The molecule has 1 heterocycles. The third-order valence-electron chi connectivity index (χ3n) is 4.22. The van der Waals surface area contributed by atoms with Gasteiger partial charge in [0.25, 0.3) is 0 Å². The average Bonchev–Trinajstić information content (AvgIpc) is 3.09. The van der Waals surface area contributed by atoms with E-state index < -0.39 is 0 Å². The summed E-state index contributed by atoms with van der Waals surface area (Å²) >= 11 is 0. The van der Waals surface area contributed by atoms with Crippen LogP contribution >= 0.6 is 0 Å². The van der Waals surface area contributed by atoms with E-state index in [0.29, 0.717) is 17.7 Å². The van der Waals surface area contributed by atoms with Gasteiger partial charge in [0.05, 0.1) is 0 Å². The van der Waals surface area contributed by atoms with Gasteiger partial charge in [-0.3, -0.25) is 9.59 Å². The van der Waals surface area contributed by atoms with E-state index in [9.17, 15) is 9.59 Å². The lowest BCUT2D eigenvalue weighted by Crippen LogP contribution is -2.19. The Bertz CT molecular complexity index is 688. The number of carbonyl (C=O) groups excluding carboxylic acids is 2. The first kappa shape index (κ1) is 16.0.